The highest BCUT2D eigenvalue weighted by molar-refractivity contribution is 5.95. The molecule has 1 aliphatic rings. The van der Waals surface area contributed by atoms with Crippen LogP contribution >= 0.6 is 0 Å². The molecule has 0 radical (unpaired) electrons. The van der Waals surface area contributed by atoms with Crippen molar-refractivity contribution < 1.29 is 14.3 Å². The molecule has 0 spiro atoms. The van der Waals surface area contributed by atoms with E-state index in [1.807, 2.05) is 6.92 Å². The number of nitrogens with one attached hydrogen (secondary N) is 1. The molecule has 2 heterocycles. The number of rotatable bonds is 5. The van der Waals surface area contributed by atoms with Gasteiger partial charge < -0.3 is 10.1 Å². The van der Waals surface area contributed by atoms with Gasteiger partial charge in [0.25, 0.3) is 11.5 Å². The highest BCUT2D eigenvalue weighted by Crippen LogP contribution is 2.17. The molecule has 0 fully saturated rings. The molecule has 0 bridgehead atoms. The van der Waals surface area contributed by atoms with Crippen molar-refractivity contribution in [3.63, 3.8) is 0 Å². The first kappa shape index (κ1) is 17.1. The molecule has 1 aliphatic heterocycles. The van der Waals surface area contributed by atoms with Gasteiger partial charge in [-0.05, 0) is 38.0 Å². The molecule has 1 aromatic carbocycles. The third-order valence-corrected chi connectivity index (χ3v) is 4.25. The predicted molar refractivity (Wildman–Crippen MR) is 92.5 cm³/mol. The summed E-state index contributed by atoms with van der Waals surface area (Å²) in [5.74, 6) is -0.191. The van der Waals surface area contributed by atoms with Crippen molar-refractivity contribution in [2.45, 2.75) is 45.8 Å². The Kier molecular flexibility index (Phi) is 4.83. The van der Waals surface area contributed by atoms with E-state index in [9.17, 15) is 14.4 Å². The molecule has 0 saturated carbocycles. The van der Waals surface area contributed by atoms with Gasteiger partial charge in [0.2, 0.25) is 0 Å². The number of ether oxygens (including phenoxy) is 1. The van der Waals surface area contributed by atoms with Gasteiger partial charge in [0.15, 0.2) is 6.10 Å². The molecular formula is C18H21N3O4. The lowest BCUT2D eigenvalue weighted by atomic mass is 10.1. The lowest BCUT2D eigenvalue weighted by molar-refractivity contribution is -0.129. The summed E-state index contributed by atoms with van der Waals surface area (Å²) in [6, 6.07) is 4.68. The highest BCUT2D eigenvalue weighted by atomic mass is 16.5. The lowest BCUT2D eigenvalue weighted by Gasteiger charge is -2.13. The first-order valence-electron chi connectivity index (χ1n) is 8.53. The summed E-state index contributed by atoms with van der Waals surface area (Å²) >= 11 is 0. The number of hydrogen-bond donors (Lipinski definition) is 1. The normalized spacial score (nSPS) is 14.2. The Morgan fingerprint density at radius 2 is 2.20 bits per heavy atom. The zero-order chi connectivity index (χ0) is 18.0. The quantitative estimate of drug-likeness (QED) is 0.829. The molecule has 1 N–H and O–H groups in total. The maximum absolute atomic E-state index is 12.4. The van der Waals surface area contributed by atoms with E-state index in [0.29, 0.717) is 24.0 Å². The van der Waals surface area contributed by atoms with E-state index < -0.39 is 12.1 Å². The Hall–Kier alpha value is -2.70. The standard InChI is InChI=1S/C18H21N3O4/c1-3-8-19-16(22)11(2)25-18(24)12-6-7-13-14(10-12)20-15-5-4-9-21(15)17(13)23/h6-7,10-11H,3-5,8-9H2,1-2H3,(H,19,22)/t11-/m0/s1. The number of benzene rings is 1. The van der Waals surface area contributed by atoms with Gasteiger partial charge in [0, 0.05) is 19.5 Å². The molecule has 7 nitrogen and oxygen atoms in total. The predicted octanol–water partition coefficient (Wildman–Crippen LogP) is 1.41. The number of aryl methyl sites for hydroxylation is 1. The summed E-state index contributed by atoms with van der Waals surface area (Å²) < 4.78 is 6.89. The fourth-order valence-electron chi connectivity index (χ4n) is 2.88. The van der Waals surface area contributed by atoms with E-state index in [1.54, 1.807) is 16.7 Å². The van der Waals surface area contributed by atoms with Crippen molar-refractivity contribution in [1.82, 2.24) is 14.9 Å². The summed E-state index contributed by atoms with van der Waals surface area (Å²) in [7, 11) is 0. The van der Waals surface area contributed by atoms with Crippen molar-refractivity contribution in [2.24, 2.45) is 0 Å². The maximum Gasteiger partial charge on any atom is 0.338 e. The molecule has 25 heavy (non-hydrogen) atoms. The van der Waals surface area contributed by atoms with Gasteiger partial charge >= 0.3 is 5.97 Å². The van der Waals surface area contributed by atoms with Gasteiger partial charge in [-0.2, -0.15) is 0 Å². The average Bonchev–Trinajstić information content (AvgIpc) is 3.07. The van der Waals surface area contributed by atoms with Crippen LogP contribution in [0.4, 0.5) is 0 Å². The SMILES string of the molecule is CCCNC(=O)[C@H](C)OC(=O)c1ccc2c(=O)n3c(nc2c1)CCC3. The lowest BCUT2D eigenvalue weighted by Crippen LogP contribution is -2.36. The number of esters is 1. The van der Waals surface area contributed by atoms with Crippen molar-refractivity contribution in [3.8, 4) is 0 Å². The Morgan fingerprint density at radius 1 is 1.40 bits per heavy atom. The van der Waals surface area contributed by atoms with E-state index >= 15 is 0 Å². The van der Waals surface area contributed by atoms with E-state index in [4.69, 9.17) is 4.74 Å². The third kappa shape index (κ3) is 3.40. The minimum absolute atomic E-state index is 0.0790. The van der Waals surface area contributed by atoms with Crippen LogP contribution < -0.4 is 10.9 Å². The van der Waals surface area contributed by atoms with Gasteiger partial charge in [-0.25, -0.2) is 9.78 Å². The van der Waals surface area contributed by atoms with Crippen LogP contribution in [0.25, 0.3) is 10.9 Å². The zero-order valence-electron chi connectivity index (χ0n) is 14.4. The van der Waals surface area contributed by atoms with Gasteiger partial charge in [-0.15, -0.1) is 0 Å². The second-order valence-electron chi connectivity index (χ2n) is 6.16. The molecular weight excluding hydrogens is 322 g/mol. The van der Waals surface area contributed by atoms with Crippen LogP contribution in [0.1, 0.15) is 42.9 Å². The Labute approximate surface area is 145 Å². The fourth-order valence-corrected chi connectivity index (χ4v) is 2.88. The van der Waals surface area contributed by atoms with Crippen LogP contribution in [0.3, 0.4) is 0 Å². The van der Waals surface area contributed by atoms with E-state index in [-0.39, 0.29) is 17.0 Å². The number of aromatic nitrogens is 2. The van der Waals surface area contributed by atoms with Gasteiger partial charge in [0.1, 0.15) is 5.82 Å². The second kappa shape index (κ2) is 7.04. The van der Waals surface area contributed by atoms with E-state index in [2.05, 4.69) is 10.3 Å². The number of nitrogens with zero attached hydrogens (tertiary/aromatic N) is 2. The number of amides is 1. The topological polar surface area (TPSA) is 90.3 Å². The molecule has 7 heteroatoms. The Morgan fingerprint density at radius 3 is 2.96 bits per heavy atom. The average molecular weight is 343 g/mol. The molecule has 0 unspecified atom stereocenters. The number of hydrogen-bond acceptors (Lipinski definition) is 5. The first-order chi connectivity index (χ1) is 12.0. The fraction of sp³-hybridized carbons (Fsp3) is 0.444. The highest BCUT2D eigenvalue weighted by Gasteiger charge is 2.20. The Bertz CT molecular complexity index is 888. The number of carbonyl (C=O) groups is 2. The largest absolute Gasteiger partial charge is 0.449 e. The number of carbonyl (C=O) groups excluding carboxylic acids is 2. The maximum atomic E-state index is 12.4. The summed E-state index contributed by atoms with van der Waals surface area (Å²) in [5.41, 5.74) is 0.679. The molecule has 132 valence electrons. The van der Waals surface area contributed by atoms with Crippen LogP contribution in [-0.4, -0.2) is 34.1 Å². The minimum Gasteiger partial charge on any atom is -0.449 e. The van der Waals surface area contributed by atoms with E-state index in [1.165, 1.54) is 13.0 Å². The van der Waals surface area contributed by atoms with Crippen LogP contribution in [0.2, 0.25) is 0 Å². The van der Waals surface area contributed by atoms with Gasteiger partial charge in [-0.1, -0.05) is 6.92 Å². The minimum atomic E-state index is -0.881. The molecule has 3 rings (SSSR count). The smallest absolute Gasteiger partial charge is 0.338 e. The molecule has 0 saturated heterocycles. The summed E-state index contributed by atoms with van der Waals surface area (Å²) in [5, 5.41) is 3.16. The first-order valence-corrected chi connectivity index (χ1v) is 8.53. The van der Waals surface area contributed by atoms with Crippen LogP contribution in [-0.2, 0) is 22.5 Å². The van der Waals surface area contributed by atoms with Crippen LogP contribution in [0.5, 0.6) is 0 Å². The van der Waals surface area contributed by atoms with Crippen molar-refractivity contribution in [3.05, 3.63) is 39.9 Å². The summed E-state index contributed by atoms with van der Waals surface area (Å²) in [4.78, 5) is 41.0. The summed E-state index contributed by atoms with van der Waals surface area (Å²) in [6.07, 6.45) is 1.59. The van der Waals surface area contributed by atoms with Crippen LogP contribution in [0.15, 0.2) is 23.0 Å². The van der Waals surface area contributed by atoms with E-state index in [0.717, 1.165) is 25.1 Å². The number of fused-ring (bicyclic) bond motifs is 2. The van der Waals surface area contributed by atoms with Crippen molar-refractivity contribution >= 4 is 22.8 Å². The monoisotopic (exact) mass is 343 g/mol. The third-order valence-electron chi connectivity index (χ3n) is 4.25. The summed E-state index contributed by atoms with van der Waals surface area (Å²) in [6.45, 7) is 4.70. The second-order valence-corrected chi connectivity index (χ2v) is 6.16. The van der Waals surface area contributed by atoms with Gasteiger partial charge in [-0.3, -0.25) is 14.2 Å². The zero-order valence-corrected chi connectivity index (χ0v) is 14.4. The molecule has 1 aromatic heterocycles. The molecule has 1 atom stereocenters. The van der Waals surface area contributed by atoms with Gasteiger partial charge in [0.05, 0.1) is 16.5 Å². The molecule has 0 aliphatic carbocycles. The molecule has 2 aromatic rings. The van der Waals surface area contributed by atoms with Crippen molar-refractivity contribution in [2.75, 3.05) is 6.54 Å². The van der Waals surface area contributed by atoms with Crippen LogP contribution in [0, 0.1) is 0 Å². The molecule has 1 amide bonds. The van der Waals surface area contributed by atoms with Crippen molar-refractivity contribution in [1.29, 1.82) is 0 Å². The Balaban J connectivity index is 1.82.